The van der Waals surface area contributed by atoms with Crippen LogP contribution in [0.2, 0.25) is 0 Å². The summed E-state index contributed by atoms with van der Waals surface area (Å²) in [7, 11) is 0. The zero-order valence-corrected chi connectivity index (χ0v) is 17.2. The molecule has 0 amide bonds. The molecular formula is C24H34O2. The predicted octanol–water partition coefficient (Wildman–Crippen LogP) is 6.30. The summed E-state index contributed by atoms with van der Waals surface area (Å²) in [6.07, 6.45) is 11.2. The van der Waals surface area contributed by atoms with Crippen molar-refractivity contribution in [1.29, 1.82) is 0 Å². The van der Waals surface area contributed by atoms with Crippen molar-refractivity contribution >= 4 is 5.97 Å². The van der Waals surface area contributed by atoms with Crippen LogP contribution >= 0.6 is 0 Å². The number of carbonyl (C=O) groups is 1. The number of rotatable bonds is 5. The normalized spacial score (nSPS) is 29.8. The summed E-state index contributed by atoms with van der Waals surface area (Å²) in [5.41, 5.74) is 6.46. The monoisotopic (exact) mass is 354 g/mol. The average molecular weight is 355 g/mol. The van der Waals surface area contributed by atoms with Gasteiger partial charge in [0.25, 0.3) is 0 Å². The number of hydrogen-bond donors (Lipinski definition) is 0. The minimum atomic E-state index is -0.119. The molecular weight excluding hydrogens is 320 g/mol. The van der Waals surface area contributed by atoms with Crippen molar-refractivity contribution < 1.29 is 9.53 Å². The number of carbonyl (C=O) groups excluding carboxylic acids is 1. The third kappa shape index (κ3) is 3.75. The Balaban J connectivity index is 1.66. The molecule has 0 aromatic rings. The molecule has 2 fully saturated rings. The van der Waals surface area contributed by atoms with E-state index in [0.29, 0.717) is 5.92 Å². The van der Waals surface area contributed by atoms with Gasteiger partial charge in [-0.3, -0.25) is 4.79 Å². The van der Waals surface area contributed by atoms with Crippen molar-refractivity contribution in [2.45, 2.75) is 79.2 Å². The highest BCUT2D eigenvalue weighted by atomic mass is 16.5. The minimum absolute atomic E-state index is 0.0125. The van der Waals surface area contributed by atoms with Crippen LogP contribution < -0.4 is 0 Å². The lowest BCUT2D eigenvalue weighted by Gasteiger charge is -2.14. The molecule has 3 aliphatic rings. The highest BCUT2D eigenvalue weighted by Crippen LogP contribution is 2.60. The first-order valence-electron chi connectivity index (χ1n) is 10.1. The molecule has 0 aromatic heterocycles. The lowest BCUT2D eigenvalue weighted by Crippen LogP contribution is -2.20. The van der Waals surface area contributed by atoms with Crippen LogP contribution in [0.15, 0.2) is 46.6 Å². The molecule has 3 atom stereocenters. The molecule has 3 aliphatic carbocycles. The Bertz CT molecular complexity index is 690. The fourth-order valence-electron chi connectivity index (χ4n) is 4.62. The van der Waals surface area contributed by atoms with Crippen LogP contribution in [0.5, 0.6) is 0 Å². The van der Waals surface area contributed by atoms with Gasteiger partial charge in [-0.05, 0) is 80.9 Å². The maximum atomic E-state index is 12.9. The van der Waals surface area contributed by atoms with Crippen LogP contribution in [-0.2, 0) is 9.53 Å². The molecule has 2 saturated carbocycles. The zero-order valence-electron chi connectivity index (χ0n) is 17.2. The van der Waals surface area contributed by atoms with E-state index in [2.05, 4.69) is 53.3 Å². The van der Waals surface area contributed by atoms with Gasteiger partial charge in [0, 0.05) is 6.42 Å². The summed E-state index contributed by atoms with van der Waals surface area (Å²) >= 11 is 0. The maximum absolute atomic E-state index is 12.9. The molecule has 0 spiro atoms. The topological polar surface area (TPSA) is 26.3 Å². The molecule has 0 heterocycles. The van der Waals surface area contributed by atoms with Gasteiger partial charge in [-0.1, -0.05) is 43.7 Å². The van der Waals surface area contributed by atoms with Crippen LogP contribution in [0.3, 0.4) is 0 Å². The molecule has 26 heavy (non-hydrogen) atoms. The Labute approximate surface area is 159 Å². The first kappa shape index (κ1) is 19.2. The smallest absolute Gasteiger partial charge is 0.310 e. The summed E-state index contributed by atoms with van der Waals surface area (Å²) in [4.78, 5) is 12.9. The Morgan fingerprint density at radius 1 is 1.27 bits per heavy atom. The van der Waals surface area contributed by atoms with Crippen molar-refractivity contribution in [2.75, 3.05) is 0 Å². The Hall–Kier alpha value is -1.57. The van der Waals surface area contributed by atoms with Gasteiger partial charge in [-0.15, -0.1) is 0 Å². The lowest BCUT2D eigenvalue weighted by molar-refractivity contribution is -0.149. The van der Waals surface area contributed by atoms with Gasteiger partial charge in [-0.25, -0.2) is 0 Å². The molecule has 1 unspecified atom stereocenters. The molecule has 3 rings (SSSR count). The number of hydrogen-bond acceptors (Lipinski definition) is 2. The molecule has 142 valence electrons. The number of allylic oxidation sites excluding steroid dienone is 5. The second-order valence-electron chi connectivity index (χ2n) is 9.24. The third-order valence-electron chi connectivity index (χ3n) is 6.62. The molecule has 0 aromatic carbocycles. The van der Waals surface area contributed by atoms with Gasteiger partial charge in [0.2, 0.25) is 0 Å². The average Bonchev–Trinajstić information content (AvgIpc) is 2.90. The van der Waals surface area contributed by atoms with Crippen LogP contribution in [0.4, 0.5) is 0 Å². The highest BCUT2D eigenvalue weighted by Gasteiger charge is 2.61. The Morgan fingerprint density at radius 3 is 2.54 bits per heavy atom. The third-order valence-corrected chi connectivity index (χ3v) is 6.62. The summed E-state index contributed by atoms with van der Waals surface area (Å²) in [6.45, 7) is 14.9. The van der Waals surface area contributed by atoms with E-state index in [1.165, 1.54) is 42.4 Å². The number of ether oxygens (including phenoxy) is 1. The van der Waals surface area contributed by atoms with Crippen molar-refractivity contribution in [3.05, 3.63) is 46.6 Å². The molecule has 0 N–H and O–H groups in total. The fraction of sp³-hybridized carbons (Fsp3) is 0.625. The van der Waals surface area contributed by atoms with Crippen LogP contribution in [-0.4, -0.2) is 12.1 Å². The summed E-state index contributed by atoms with van der Waals surface area (Å²) in [5, 5.41) is 0. The van der Waals surface area contributed by atoms with Crippen molar-refractivity contribution in [2.24, 2.45) is 17.3 Å². The molecule has 0 saturated heterocycles. The molecule has 0 radical (unpaired) electrons. The summed E-state index contributed by atoms with van der Waals surface area (Å²) < 4.78 is 5.98. The van der Waals surface area contributed by atoms with Gasteiger partial charge >= 0.3 is 5.97 Å². The van der Waals surface area contributed by atoms with E-state index in [-0.39, 0.29) is 23.4 Å². The first-order valence-corrected chi connectivity index (χ1v) is 10.1. The second kappa shape index (κ2) is 7.21. The fourth-order valence-corrected chi connectivity index (χ4v) is 4.62. The number of esters is 1. The molecule has 0 aliphatic heterocycles. The van der Waals surface area contributed by atoms with Crippen molar-refractivity contribution in [3.63, 3.8) is 0 Å². The molecule has 2 heteroatoms. The van der Waals surface area contributed by atoms with Gasteiger partial charge in [0.05, 0.1) is 5.92 Å². The van der Waals surface area contributed by atoms with E-state index in [1.54, 1.807) is 5.57 Å². The van der Waals surface area contributed by atoms with Gasteiger partial charge < -0.3 is 4.74 Å². The van der Waals surface area contributed by atoms with E-state index in [4.69, 9.17) is 4.74 Å². The first-order chi connectivity index (χ1) is 12.2. The van der Waals surface area contributed by atoms with Crippen molar-refractivity contribution in [1.82, 2.24) is 0 Å². The SMILES string of the molecule is C=C1CC(OC(=O)[C@@H]2[C@@H](C=C3CCCC3)C2(C)C)C(C)=C1CC=C(C)C. The van der Waals surface area contributed by atoms with Gasteiger partial charge in [0.15, 0.2) is 0 Å². The van der Waals surface area contributed by atoms with Gasteiger partial charge in [-0.2, -0.15) is 0 Å². The largest absolute Gasteiger partial charge is 0.457 e. The maximum Gasteiger partial charge on any atom is 0.310 e. The van der Waals surface area contributed by atoms with Crippen LogP contribution in [0.25, 0.3) is 0 Å². The molecule has 0 bridgehead atoms. The summed E-state index contributed by atoms with van der Waals surface area (Å²) in [5.74, 6) is 0.344. The quantitative estimate of drug-likeness (QED) is 0.427. The summed E-state index contributed by atoms with van der Waals surface area (Å²) in [6, 6.07) is 0. The van der Waals surface area contributed by atoms with E-state index in [1.807, 2.05) is 0 Å². The van der Waals surface area contributed by atoms with Gasteiger partial charge in [0.1, 0.15) is 6.10 Å². The molecule has 2 nitrogen and oxygen atoms in total. The van der Waals surface area contributed by atoms with E-state index in [9.17, 15) is 4.79 Å². The zero-order chi connectivity index (χ0) is 19.1. The van der Waals surface area contributed by atoms with Crippen LogP contribution in [0.1, 0.15) is 73.1 Å². The standard InChI is InChI=1S/C24H34O2/c1-15(2)11-12-19-16(3)13-21(17(19)4)26-23(25)22-20(24(22,5)6)14-18-9-7-8-10-18/h11,14,20-22H,3,7-10,12-13H2,1-2,4-6H3/t20-,21?,22+/m1/s1. The van der Waals surface area contributed by atoms with E-state index >= 15 is 0 Å². The Morgan fingerprint density at radius 2 is 1.92 bits per heavy atom. The minimum Gasteiger partial charge on any atom is -0.457 e. The van der Waals surface area contributed by atoms with E-state index in [0.717, 1.165) is 18.4 Å². The van der Waals surface area contributed by atoms with Crippen molar-refractivity contribution in [3.8, 4) is 0 Å². The predicted molar refractivity (Wildman–Crippen MR) is 108 cm³/mol. The lowest BCUT2D eigenvalue weighted by atomic mass is 10.0. The second-order valence-corrected chi connectivity index (χ2v) is 9.24. The van der Waals surface area contributed by atoms with Crippen LogP contribution in [0, 0.1) is 17.3 Å². The highest BCUT2D eigenvalue weighted by molar-refractivity contribution is 5.79. The Kier molecular flexibility index (Phi) is 5.33. The van der Waals surface area contributed by atoms with E-state index < -0.39 is 0 Å².